The van der Waals surface area contributed by atoms with Crippen LogP contribution in [0.15, 0.2) is 24.3 Å². The highest BCUT2D eigenvalue weighted by atomic mass is 16.5. The normalized spacial score (nSPS) is 15.1. The Balaban J connectivity index is 1.89. The lowest BCUT2D eigenvalue weighted by Gasteiger charge is -2.26. The van der Waals surface area contributed by atoms with Gasteiger partial charge in [-0.2, -0.15) is 0 Å². The molecule has 1 aliphatic heterocycles. The highest BCUT2D eigenvalue weighted by molar-refractivity contribution is 5.88. The van der Waals surface area contributed by atoms with Crippen molar-refractivity contribution < 1.29 is 24.2 Å². The topological polar surface area (TPSA) is 76.1 Å². The molecule has 0 bridgehead atoms. The number of amides is 1. The van der Waals surface area contributed by atoms with Crippen molar-refractivity contribution in [1.29, 1.82) is 0 Å². The van der Waals surface area contributed by atoms with Gasteiger partial charge in [0.15, 0.2) is 6.61 Å². The molecule has 102 valence electrons. The van der Waals surface area contributed by atoms with Crippen molar-refractivity contribution in [2.24, 2.45) is 0 Å². The van der Waals surface area contributed by atoms with Crippen molar-refractivity contribution in [3.05, 3.63) is 29.8 Å². The van der Waals surface area contributed by atoms with Gasteiger partial charge in [0.05, 0.1) is 18.8 Å². The third kappa shape index (κ3) is 3.69. The maximum Gasteiger partial charge on any atom is 0.335 e. The van der Waals surface area contributed by atoms with Gasteiger partial charge in [-0.3, -0.25) is 4.79 Å². The molecule has 0 aromatic heterocycles. The van der Waals surface area contributed by atoms with Crippen molar-refractivity contribution in [1.82, 2.24) is 4.90 Å². The van der Waals surface area contributed by atoms with Gasteiger partial charge in [0.2, 0.25) is 0 Å². The summed E-state index contributed by atoms with van der Waals surface area (Å²) in [5.41, 5.74) is 0.135. The van der Waals surface area contributed by atoms with Crippen molar-refractivity contribution in [3.63, 3.8) is 0 Å². The summed E-state index contributed by atoms with van der Waals surface area (Å²) in [6.07, 6.45) is 0. The van der Waals surface area contributed by atoms with Gasteiger partial charge in [-0.25, -0.2) is 4.79 Å². The third-order valence-electron chi connectivity index (χ3n) is 2.81. The molecule has 0 spiro atoms. The fraction of sp³-hybridized carbons (Fsp3) is 0.385. The molecule has 0 aliphatic carbocycles. The van der Waals surface area contributed by atoms with Crippen molar-refractivity contribution in [2.45, 2.75) is 0 Å². The molecule has 19 heavy (non-hydrogen) atoms. The minimum Gasteiger partial charge on any atom is -0.484 e. The van der Waals surface area contributed by atoms with E-state index < -0.39 is 5.97 Å². The maximum atomic E-state index is 11.8. The average Bonchev–Trinajstić information content (AvgIpc) is 2.46. The van der Waals surface area contributed by atoms with Gasteiger partial charge in [0.1, 0.15) is 5.75 Å². The minimum atomic E-state index is -1.02. The van der Waals surface area contributed by atoms with Gasteiger partial charge in [0.25, 0.3) is 5.91 Å². The van der Waals surface area contributed by atoms with Crippen LogP contribution < -0.4 is 4.74 Å². The van der Waals surface area contributed by atoms with Crippen LogP contribution in [0.1, 0.15) is 10.4 Å². The zero-order valence-electron chi connectivity index (χ0n) is 10.4. The van der Waals surface area contributed by atoms with Gasteiger partial charge in [-0.15, -0.1) is 0 Å². The Hall–Kier alpha value is -2.08. The first-order valence-electron chi connectivity index (χ1n) is 5.98. The van der Waals surface area contributed by atoms with Crippen LogP contribution in [0.3, 0.4) is 0 Å². The molecule has 6 nitrogen and oxygen atoms in total. The number of morpholine rings is 1. The van der Waals surface area contributed by atoms with Crippen molar-refractivity contribution >= 4 is 11.9 Å². The van der Waals surface area contributed by atoms with Crippen LogP contribution in [-0.2, 0) is 9.53 Å². The van der Waals surface area contributed by atoms with E-state index in [-0.39, 0.29) is 18.1 Å². The summed E-state index contributed by atoms with van der Waals surface area (Å²) in [7, 11) is 0. The summed E-state index contributed by atoms with van der Waals surface area (Å²) >= 11 is 0. The van der Waals surface area contributed by atoms with Gasteiger partial charge in [-0.05, 0) is 18.2 Å². The summed E-state index contributed by atoms with van der Waals surface area (Å²) in [6.45, 7) is 2.12. The number of rotatable bonds is 4. The fourth-order valence-corrected chi connectivity index (χ4v) is 1.77. The lowest BCUT2D eigenvalue weighted by atomic mass is 10.2. The number of hydrogen-bond donors (Lipinski definition) is 1. The Labute approximate surface area is 110 Å². The minimum absolute atomic E-state index is 0.0942. The first-order valence-corrected chi connectivity index (χ1v) is 5.98. The van der Waals surface area contributed by atoms with Crippen LogP contribution in [0.5, 0.6) is 5.75 Å². The van der Waals surface area contributed by atoms with E-state index in [9.17, 15) is 9.59 Å². The predicted octanol–water partition coefficient (Wildman–Crippen LogP) is 0.622. The second kappa shape index (κ2) is 6.19. The number of nitrogens with zero attached hydrogens (tertiary/aromatic N) is 1. The molecule has 1 aliphatic rings. The van der Waals surface area contributed by atoms with E-state index >= 15 is 0 Å². The molecule has 1 aromatic carbocycles. The van der Waals surface area contributed by atoms with E-state index in [1.807, 2.05) is 0 Å². The number of carbonyl (C=O) groups excluding carboxylic acids is 1. The summed E-state index contributed by atoms with van der Waals surface area (Å²) < 4.78 is 10.5. The number of hydrogen-bond acceptors (Lipinski definition) is 4. The standard InChI is InChI=1S/C13H15NO5/c15-12(14-4-6-18-7-5-14)9-19-11-3-1-2-10(8-11)13(16)17/h1-3,8H,4-7,9H2,(H,16,17). The highest BCUT2D eigenvalue weighted by Gasteiger charge is 2.17. The summed E-state index contributed by atoms with van der Waals surface area (Å²) in [5.74, 6) is -0.768. The number of carbonyl (C=O) groups is 2. The fourth-order valence-electron chi connectivity index (χ4n) is 1.77. The molecule has 0 radical (unpaired) electrons. The van der Waals surface area contributed by atoms with Crippen LogP contribution in [0.4, 0.5) is 0 Å². The molecule has 1 fully saturated rings. The van der Waals surface area contributed by atoms with E-state index in [0.29, 0.717) is 32.1 Å². The number of aromatic carboxylic acids is 1. The molecule has 0 unspecified atom stereocenters. The van der Waals surface area contributed by atoms with E-state index in [1.54, 1.807) is 17.0 Å². The Bertz CT molecular complexity index is 468. The zero-order valence-corrected chi connectivity index (χ0v) is 10.4. The first kappa shape index (κ1) is 13.4. The Morgan fingerprint density at radius 1 is 1.32 bits per heavy atom. The summed E-state index contributed by atoms with van der Waals surface area (Å²) in [6, 6.07) is 6.07. The molecule has 0 atom stereocenters. The van der Waals surface area contributed by atoms with Gasteiger partial charge in [0, 0.05) is 13.1 Å². The lowest BCUT2D eigenvalue weighted by Crippen LogP contribution is -2.42. The van der Waals surface area contributed by atoms with Crippen LogP contribution in [0.25, 0.3) is 0 Å². The van der Waals surface area contributed by atoms with Crippen molar-refractivity contribution in [3.8, 4) is 5.75 Å². The molecule has 1 amide bonds. The molecule has 2 rings (SSSR count). The smallest absolute Gasteiger partial charge is 0.335 e. The first-order chi connectivity index (χ1) is 9.16. The number of carboxylic acid groups (broad SMARTS) is 1. The molecule has 0 saturated carbocycles. The van der Waals surface area contributed by atoms with E-state index in [2.05, 4.69) is 0 Å². The highest BCUT2D eigenvalue weighted by Crippen LogP contribution is 2.13. The zero-order chi connectivity index (χ0) is 13.7. The second-order valence-corrected chi connectivity index (χ2v) is 4.11. The molecule has 1 aromatic rings. The van der Waals surface area contributed by atoms with Crippen LogP contribution in [-0.4, -0.2) is 54.8 Å². The quantitative estimate of drug-likeness (QED) is 0.863. The molecular formula is C13H15NO5. The SMILES string of the molecule is O=C(O)c1cccc(OCC(=O)N2CCOCC2)c1. The number of ether oxygens (including phenoxy) is 2. The predicted molar refractivity (Wildman–Crippen MR) is 66.3 cm³/mol. The van der Waals surface area contributed by atoms with E-state index in [0.717, 1.165) is 0 Å². The van der Waals surface area contributed by atoms with Gasteiger partial charge < -0.3 is 19.5 Å². The molecule has 1 N–H and O–H groups in total. The second-order valence-electron chi connectivity index (χ2n) is 4.11. The number of benzene rings is 1. The third-order valence-corrected chi connectivity index (χ3v) is 2.81. The average molecular weight is 265 g/mol. The maximum absolute atomic E-state index is 11.8. The van der Waals surface area contributed by atoms with E-state index in [4.69, 9.17) is 14.6 Å². The molecular weight excluding hydrogens is 250 g/mol. The van der Waals surface area contributed by atoms with Crippen LogP contribution >= 0.6 is 0 Å². The van der Waals surface area contributed by atoms with Crippen LogP contribution in [0.2, 0.25) is 0 Å². The molecule has 6 heteroatoms. The Morgan fingerprint density at radius 3 is 2.74 bits per heavy atom. The largest absolute Gasteiger partial charge is 0.484 e. The van der Waals surface area contributed by atoms with Gasteiger partial charge in [-0.1, -0.05) is 6.07 Å². The van der Waals surface area contributed by atoms with Gasteiger partial charge >= 0.3 is 5.97 Å². The van der Waals surface area contributed by atoms with E-state index in [1.165, 1.54) is 12.1 Å². The monoisotopic (exact) mass is 265 g/mol. The van der Waals surface area contributed by atoms with Crippen LogP contribution in [0, 0.1) is 0 Å². The number of carboxylic acids is 1. The Morgan fingerprint density at radius 2 is 2.05 bits per heavy atom. The molecule has 1 heterocycles. The summed E-state index contributed by atoms with van der Waals surface area (Å²) in [4.78, 5) is 24.3. The molecule has 1 saturated heterocycles. The lowest BCUT2D eigenvalue weighted by molar-refractivity contribution is -0.137. The summed E-state index contributed by atoms with van der Waals surface area (Å²) in [5, 5.41) is 8.85. The Kier molecular flexibility index (Phi) is 4.35. The van der Waals surface area contributed by atoms with Crippen molar-refractivity contribution in [2.75, 3.05) is 32.9 Å².